The molecule has 0 unspecified atom stereocenters. The number of carbonyl (C=O) groups excluding carboxylic acids is 2. The van der Waals surface area contributed by atoms with Gasteiger partial charge in [-0.15, -0.1) is 0 Å². The Hall–Kier alpha value is -2.93. The van der Waals surface area contributed by atoms with Gasteiger partial charge in [0, 0.05) is 34.6 Å². The van der Waals surface area contributed by atoms with Gasteiger partial charge in [0.15, 0.2) is 0 Å². The van der Waals surface area contributed by atoms with Crippen LogP contribution in [-0.2, 0) is 9.59 Å². The number of hydrogen-bond donors (Lipinski definition) is 1. The van der Waals surface area contributed by atoms with Crippen LogP contribution < -0.4 is 15.8 Å². The van der Waals surface area contributed by atoms with Gasteiger partial charge < -0.3 is 14.6 Å². The molecule has 6 nitrogen and oxygen atoms in total. The number of nitrogens with one attached hydrogen (secondary N) is 1. The van der Waals surface area contributed by atoms with Gasteiger partial charge in [0.2, 0.25) is 11.8 Å². The third-order valence-electron chi connectivity index (χ3n) is 4.53. The fraction of sp³-hybridized carbons (Fsp3) is 0.150. The van der Waals surface area contributed by atoms with E-state index < -0.39 is 11.5 Å². The molecule has 27 heavy (non-hydrogen) atoms. The van der Waals surface area contributed by atoms with Gasteiger partial charge in [0.25, 0.3) is 0 Å². The minimum atomic E-state index is -0.436. The highest BCUT2D eigenvalue weighted by atomic mass is 79.9. The van der Waals surface area contributed by atoms with Crippen molar-refractivity contribution >= 4 is 50.1 Å². The monoisotopic (exact) mass is 426 g/mol. The SMILES string of the molecule is O=C(Nc1ccc2oc(=O)ccc2c1)[C@@H]1CC(=O)N(c2ccccc2Br)C1. The lowest BCUT2D eigenvalue weighted by Gasteiger charge is -2.18. The third-order valence-corrected chi connectivity index (χ3v) is 5.20. The van der Waals surface area contributed by atoms with Crippen molar-refractivity contribution in [2.75, 3.05) is 16.8 Å². The largest absolute Gasteiger partial charge is 0.423 e. The number of anilines is 2. The molecule has 0 radical (unpaired) electrons. The molecule has 2 aromatic carbocycles. The topological polar surface area (TPSA) is 79.6 Å². The average molecular weight is 427 g/mol. The van der Waals surface area contributed by atoms with Gasteiger partial charge in [-0.2, -0.15) is 0 Å². The molecule has 3 aromatic rings. The van der Waals surface area contributed by atoms with E-state index in [1.54, 1.807) is 29.2 Å². The van der Waals surface area contributed by atoms with Gasteiger partial charge in [0.1, 0.15) is 5.58 Å². The van der Waals surface area contributed by atoms with E-state index in [-0.39, 0.29) is 18.2 Å². The first-order valence-corrected chi connectivity index (χ1v) is 9.20. The van der Waals surface area contributed by atoms with E-state index in [2.05, 4.69) is 21.2 Å². The van der Waals surface area contributed by atoms with Crippen molar-refractivity contribution in [3.05, 3.63) is 69.5 Å². The summed E-state index contributed by atoms with van der Waals surface area (Å²) in [7, 11) is 0. The van der Waals surface area contributed by atoms with Crippen LogP contribution in [0.4, 0.5) is 11.4 Å². The number of carbonyl (C=O) groups is 2. The van der Waals surface area contributed by atoms with Crippen LogP contribution >= 0.6 is 15.9 Å². The molecule has 2 heterocycles. The van der Waals surface area contributed by atoms with Gasteiger partial charge in [-0.25, -0.2) is 4.79 Å². The van der Waals surface area contributed by atoms with Crippen molar-refractivity contribution in [3.63, 3.8) is 0 Å². The number of benzene rings is 2. The van der Waals surface area contributed by atoms with Crippen LogP contribution in [0.3, 0.4) is 0 Å². The molecule has 1 aliphatic heterocycles. The van der Waals surface area contributed by atoms with Crippen molar-refractivity contribution in [3.8, 4) is 0 Å². The molecular formula is C20H15BrN2O4. The molecule has 4 rings (SSSR count). The zero-order valence-electron chi connectivity index (χ0n) is 14.1. The Morgan fingerprint density at radius 1 is 1.11 bits per heavy atom. The molecule has 1 saturated heterocycles. The first kappa shape index (κ1) is 17.5. The second kappa shape index (κ2) is 7.00. The lowest BCUT2D eigenvalue weighted by atomic mass is 10.1. The normalized spacial score (nSPS) is 16.7. The molecule has 0 spiro atoms. The number of halogens is 1. The Kier molecular flexibility index (Phi) is 4.53. The van der Waals surface area contributed by atoms with E-state index >= 15 is 0 Å². The van der Waals surface area contributed by atoms with E-state index in [0.29, 0.717) is 23.2 Å². The Morgan fingerprint density at radius 3 is 2.74 bits per heavy atom. The van der Waals surface area contributed by atoms with Crippen LogP contribution in [0, 0.1) is 5.92 Å². The maximum Gasteiger partial charge on any atom is 0.336 e. The highest BCUT2D eigenvalue weighted by molar-refractivity contribution is 9.10. The molecule has 7 heteroatoms. The summed E-state index contributed by atoms with van der Waals surface area (Å²) in [5.41, 5.74) is 1.39. The Balaban J connectivity index is 1.50. The summed E-state index contributed by atoms with van der Waals surface area (Å²) in [4.78, 5) is 37.9. The van der Waals surface area contributed by atoms with Crippen LogP contribution in [0.15, 0.2) is 68.3 Å². The zero-order valence-corrected chi connectivity index (χ0v) is 15.7. The summed E-state index contributed by atoms with van der Waals surface area (Å²) in [6, 6.07) is 15.5. The van der Waals surface area contributed by atoms with E-state index in [4.69, 9.17) is 4.42 Å². The predicted molar refractivity (Wildman–Crippen MR) is 106 cm³/mol. The Bertz CT molecular complexity index is 1110. The lowest BCUT2D eigenvalue weighted by molar-refractivity contribution is -0.122. The van der Waals surface area contributed by atoms with Crippen molar-refractivity contribution < 1.29 is 14.0 Å². The van der Waals surface area contributed by atoms with Crippen LogP contribution in [0.2, 0.25) is 0 Å². The first-order chi connectivity index (χ1) is 13.0. The Labute approximate surface area is 162 Å². The highest BCUT2D eigenvalue weighted by Gasteiger charge is 2.35. The van der Waals surface area contributed by atoms with Crippen LogP contribution in [0.1, 0.15) is 6.42 Å². The summed E-state index contributed by atoms with van der Waals surface area (Å²) in [5, 5.41) is 3.56. The van der Waals surface area contributed by atoms with E-state index in [1.807, 2.05) is 24.3 Å². The second-order valence-electron chi connectivity index (χ2n) is 6.35. The summed E-state index contributed by atoms with van der Waals surface area (Å²) in [5.74, 6) is -0.731. The summed E-state index contributed by atoms with van der Waals surface area (Å²) < 4.78 is 5.90. The van der Waals surface area contributed by atoms with Crippen molar-refractivity contribution in [1.82, 2.24) is 0 Å². The molecule has 1 aliphatic rings. The number of rotatable bonds is 3. The van der Waals surface area contributed by atoms with Crippen molar-refractivity contribution in [1.29, 1.82) is 0 Å². The van der Waals surface area contributed by atoms with Crippen LogP contribution in [-0.4, -0.2) is 18.4 Å². The molecule has 1 aromatic heterocycles. The first-order valence-electron chi connectivity index (χ1n) is 8.41. The number of para-hydroxylation sites is 1. The minimum absolute atomic E-state index is 0.0812. The number of fused-ring (bicyclic) bond motifs is 1. The standard InChI is InChI=1S/C20H15BrN2O4/c21-15-3-1-2-4-16(15)23-11-13(10-18(23)24)20(26)22-14-6-7-17-12(9-14)5-8-19(25)27-17/h1-9,13H,10-11H2,(H,22,26)/t13-/m1/s1. The van der Waals surface area contributed by atoms with Gasteiger partial charge in [-0.05, 0) is 52.3 Å². The fourth-order valence-electron chi connectivity index (χ4n) is 3.18. The highest BCUT2D eigenvalue weighted by Crippen LogP contribution is 2.31. The van der Waals surface area contributed by atoms with Gasteiger partial charge in [-0.3, -0.25) is 9.59 Å². The molecule has 1 fully saturated rings. The zero-order chi connectivity index (χ0) is 19.0. The van der Waals surface area contributed by atoms with Crippen LogP contribution in [0.5, 0.6) is 0 Å². The predicted octanol–water partition coefficient (Wildman–Crippen LogP) is 3.55. The minimum Gasteiger partial charge on any atom is -0.423 e. The van der Waals surface area contributed by atoms with Crippen molar-refractivity contribution in [2.45, 2.75) is 6.42 Å². The molecule has 1 atom stereocenters. The molecule has 1 N–H and O–H groups in total. The summed E-state index contributed by atoms with van der Waals surface area (Å²) >= 11 is 3.45. The number of nitrogens with zero attached hydrogens (tertiary/aromatic N) is 1. The molecule has 136 valence electrons. The van der Waals surface area contributed by atoms with E-state index in [9.17, 15) is 14.4 Å². The van der Waals surface area contributed by atoms with Gasteiger partial charge in [-0.1, -0.05) is 12.1 Å². The average Bonchev–Trinajstić information content (AvgIpc) is 3.04. The van der Waals surface area contributed by atoms with Gasteiger partial charge in [0.05, 0.1) is 11.6 Å². The third kappa shape index (κ3) is 3.50. The molecule has 0 aliphatic carbocycles. The van der Waals surface area contributed by atoms with Gasteiger partial charge >= 0.3 is 5.63 Å². The molecule has 2 amide bonds. The lowest BCUT2D eigenvalue weighted by Crippen LogP contribution is -2.28. The van der Waals surface area contributed by atoms with E-state index in [0.717, 1.165) is 10.2 Å². The second-order valence-corrected chi connectivity index (χ2v) is 7.21. The number of hydrogen-bond acceptors (Lipinski definition) is 4. The van der Waals surface area contributed by atoms with Crippen molar-refractivity contribution in [2.24, 2.45) is 5.92 Å². The molecule has 0 saturated carbocycles. The quantitative estimate of drug-likeness (QED) is 0.649. The summed E-state index contributed by atoms with van der Waals surface area (Å²) in [6.45, 7) is 0.329. The molecule has 0 bridgehead atoms. The summed E-state index contributed by atoms with van der Waals surface area (Å²) in [6.07, 6.45) is 0.162. The smallest absolute Gasteiger partial charge is 0.336 e. The van der Waals surface area contributed by atoms with Crippen LogP contribution in [0.25, 0.3) is 11.0 Å². The maximum absolute atomic E-state index is 12.6. The molecular weight excluding hydrogens is 412 g/mol. The fourth-order valence-corrected chi connectivity index (χ4v) is 3.68. The Morgan fingerprint density at radius 2 is 1.93 bits per heavy atom. The maximum atomic E-state index is 12.6. The number of amides is 2. The van der Waals surface area contributed by atoms with E-state index in [1.165, 1.54) is 6.07 Å².